The highest BCUT2D eigenvalue weighted by Crippen LogP contribution is 2.28. The van der Waals surface area contributed by atoms with E-state index in [1.807, 2.05) is 0 Å². The maximum atomic E-state index is 12.2. The average Bonchev–Trinajstić information content (AvgIpc) is 3.20. The van der Waals surface area contributed by atoms with E-state index in [1.165, 1.54) is 25.1 Å². The van der Waals surface area contributed by atoms with Crippen molar-refractivity contribution in [3.8, 4) is 0 Å². The van der Waals surface area contributed by atoms with E-state index in [9.17, 15) is 4.79 Å². The summed E-state index contributed by atoms with van der Waals surface area (Å²) in [4.78, 5) is 17.6. The first-order valence-corrected chi connectivity index (χ1v) is 6.97. The van der Waals surface area contributed by atoms with E-state index in [0.29, 0.717) is 23.7 Å². The van der Waals surface area contributed by atoms with Crippen LogP contribution < -0.4 is 0 Å². The molecular formula is C13H16Cl2N2O2. The fourth-order valence-electron chi connectivity index (χ4n) is 1.62. The van der Waals surface area contributed by atoms with Crippen molar-refractivity contribution in [1.29, 1.82) is 0 Å². The number of hydrogen-bond acceptors (Lipinski definition) is 3. The Kier molecular flexibility index (Phi) is 5.02. The van der Waals surface area contributed by atoms with Gasteiger partial charge in [0.1, 0.15) is 5.15 Å². The number of amides is 1. The molecule has 0 unspecified atom stereocenters. The molecular weight excluding hydrogens is 287 g/mol. The zero-order valence-corrected chi connectivity index (χ0v) is 12.2. The predicted octanol–water partition coefficient (Wildman–Crippen LogP) is 2.89. The molecule has 4 nitrogen and oxygen atoms in total. The van der Waals surface area contributed by atoms with Crippen LogP contribution in [0.5, 0.6) is 0 Å². The van der Waals surface area contributed by atoms with Crippen LogP contribution in [0, 0.1) is 5.92 Å². The van der Waals surface area contributed by atoms with Gasteiger partial charge in [-0.2, -0.15) is 0 Å². The molecule has 2 rings (SSSR count). The number of nitrogens with zero attached hydrogens (tertiary/aromatic N) is 2. The van der Waals surface area contributed by atoms with E-state index in [0.717, 1.165) is 12.5 Å². The normalized spacial score (nSPS) is 14.5. The lowest BCUT2D eigenvalue weighted by molar-refractivity contribution is 0.0681. The number of hydrogen-bond donors (Lipinski definition) is 0. The second-order valence-corrected chi connectivity index (χ2v) is 5.53. The summed E-state index contributed by atoms with van der Waals surface area (Å²) in [5, 5.41) is 0.561. The number of likely N-dealkylation sites (N-methyl/N-ethyl adjacent to an activating group) is 1. The molecule has 0 aliphatic heterocycles. The van der Waals surface area contributed by atoms with Crippen LogP contribution in [-0.4, -0.2) is 42.6 Å². The second-order valence-electron chi connectivity index (χ2n) is 4.73. The number of carbonyl (C=O) groups excluding carboxylic acids is 1. The lowest BCUT2D eigenvalue weighted by atomic mass is 10.2. The van der Waals surface area contributed by atoms with Crippen LogP contribution in [0.1, 0.15) is 23.2 Å². The molecule has 0 N–H and O–H groups in total. The van der Waals surface area contributed by atoms with Crippen molar-refractivity contribution in [3.05, 3.63) is 28.0 Å². The van der Waals surface area contributed by atoms with Gasteiger partial charge >= 0.3 is 0 Å². The minimum atomic E-state index is -0.177. The van der Waals surface area contributed by atoms with E-state index >= 15 is 0 Å². The highest BCUT2D eigenvalue weighted by molar-refractivity contribution is 6.35. The van der Waals surface area contributed by atoms with Crippen LogP contribution in [0.2, 0.25) is 10.2 Å². The molecule has 0 saturated heterocycles. The third-order valence-electron chi connectivity index (χ3n) is 3.02. The molecule has 0 aromatic carbocycles. The number of rotatable bonds is 6. The Morgan fingerprint density at radius 3 is 2.95 bits per heavy atom. The van der Waals surface area contributed by atoms with Gasteiger partial charge in [-0.3, -0.25) is 4.79 Å². The largest absolute Gasteiger partial charge is 0.379 e. The van der Waals surface area contributed by atoms with Crippen molar-refractivity contribution in [2.75, 3.05) is 26.8 Å². The molecule has 1 heterocycles. The first-order valence-electron chi connectivity index (χ1n) is 6.22. The van der Waals surface area contributed by atoms with Gasteiger partial charge in [0.15, 0.2) is 0 Å². The SMILES string of the molecule is CN(CCOCC1CC1)C(=O)c1cc(Cl)ncc1Cl. The third-order valence-corrected chi connectivity index (χ3v) is 3.53. The minimum absolute atomic E-state index is 0.177. The Balaban J connectivity index is 1.84. The van der Waals surface area contributed by atoms with Crippen LogP contribution in [0.3, 0.4) is 0 Å². The van der Waals surface area contributed by atoms with Gasteiger partial charge in [0.2, 0.25) is 0 Å². The minimum Gasteiger partial charge on any atom is -0.379 e. The molecule has 0 bridgehead atoms. The van der Waals surface area contributed by atoms with Gasteiger partial charge in [0.05, 0.1) is 17.2 Å². The first-order chi connectivity index (χ1) is 9.08. The van der Waals surface area contributed by atoms with E-state index in [2.05, 4.69) is 4.98 Å². The summed E-state index contributed by atoms with van der Waals surface area (Å²) in [6, 6.07) is 1.48. The standard InChI is InChI=1S/C13H16Cl2N2O2/c1-17(4-5-19-8-9-2-3-9)13(18)10-6-12(15)16-7-11(10)14/h6-7,9H,2-5,8H2,1H3. The van der Waals surface area contributed by atoms with Crippen LogP contribution in [0.4, 0.5) is 0 Å². The summed E-state index contributed by atoms with van der Waals surface area (Å²) in [7, 11) is 1.72. The highest BCUT2D eigenvalue weighted by Gasteiger charge is 2.21. The summed E-state index contributed by atoms with van der Waals surface area (Å²) >= 11 is 11.7. The van der Waals surface area contributed by atoms with Gasteiger partial charge in [0.25, 0.3) is 5.91 Å². The molecule has 1 saturated carbocycles. The second kappa shape index (κ2) is 6.55. The van der Waals surface area contributed by atoms with Crippen molar-refractivity contribution >= 4 is 29.1 Å². The van der Waals surface area contributed by atoms with Gasteiger partial charge in [-0.1, -0.05) is 23.2 Å². The van der Waals surface area contributed by atoms with Crippen molar-refractivity contribution < 1.29 is 9.53 Å². The topological polar surface area (TPSA) is 42.4 Å². The van der Waals surface area contributed by atoms with E-state index < -0.39 is 0 Å². The molecule has 1 aromatic rings. The van der Waals surface area contributed by atoms with Gasteiger partial charge in [-0.25, -0.2) is 4.98 Å². The molecule has 1 aromatic heterocycles. The van der Waals surface area contributed by atoms with Crippen LogP contribution >= 0.6 is 23.2 Å². The number of carbonyl (C=O) groups is 1. The Bertz CT molecular complexity index is 464. The summed E-state index contributed by atoms with van der Waals surface area (Å²) < 4.78 is 5.50. The predicted molar refractivity (Wildman–Crippen MR) is 74.8 cm³/mol. The summed E-state index contributed by atoms with van der Waals surface area (Å²) in [5.74, 6) is 0.554. The first kappa shape index (κ1) is 14.6. The number of pyridine rings is 1. The molecule has 0 spiro atoms. The van der Waals surface area contributed by atoms with Crippen LogP contribution in [0.15, 0.2) is 12.3 Å². The Hall–Kier alpha value is -0.840. The molecule has 1 fully saturated rings. The molecule has 6 heteroatoms. The van der Waals surface area contributed by atoms with E-state index in [-0.39, 0.29) is 11.1 Å². The highest BCUT2D eigenvalue weighted by atomic mass is 35.5. The van der Waals surface area contributed by atoms with Gasteiger partial charge < -0.3 is 9.64 Å². The number of halogens is 2. The van der Waals surface area contributed by atoms with Gasteiger partial charge in [-0.15, -0.1) is 0 Å². The van der Waals surface area contributed by atoms with Crippen molar-refractivity contribution in [2.24, 2.45) is 5.92 Å². The van der Waals surface area contributed by atoms with Gasteiger partial charge in [0, 0.05) is 26.4 Å². The molecule has 0 atom stereocenters. The lowest BCUT2D eigenvalue weighted by Gasteiger charge is -2.17. The van der Waals surface area contributed by atoms with Crippen molar-refractivity contribution in [1.82, 2.24) is 9.88 Å². The summed E-state index contributed by atoms with van der Waals surface area (Å²) in [6.07, 6.45) is 3.91. The van der Waals surface area contributed by atoms with Crippen LogP contribution in [0.25, 0.3) is 0 Å². The molecule has 0 radical (unpaired) electrons. The van der Waals surface area contributed by atoms with Gasteiger partial charge in [-0.05, 0) is 24.8 Å². The number of aromatic nitrogens is 1. The fraction of sp³-hybridized carbons (Fsp3) is 0.538. The molecule has 1 aliphatic carbocycles. The fourth-order valence-corrected chi connectivity index (χ4v) is 1.96. The summed E-state index contributed by atoms with van der Waals surface area (Å²) in [5.41, 5.74) is 0.367. The van der Waals surface area contributed by atoms with E-state index in [4.69, 9.17) is 27.9 Å². The monoisotopic (exact) mass is 302 g/mol. The quantitative estimate of drug-likeness (QED) is 0.599. The smallest absolute Gasteiger partial charge is 0.255 e. The molecule has 1 aliphatic rings. The molecule has 104 valence electrons. The lowest BCUT2D eigenvalue weighted by Crippen LogP contribution is -2.30. The maximum absolute atomic E-state index is 12.2. The Labute approximate surface area is 122 Å². The molecule has 19 heavy (non-hydrogen) atoms. The third kappa shape index (κ3) is 4.34. The Morgan fingerprint density at radius 1 is 1.53 bits per heavy atom. The van der Waals surface area contributed by atoms with E-state index in [1.54, 1.807) is 11.9 Å². The van der Waals surface area contributed by atoms with Crippen molar-refractivity contribution in [2.45, 2.75) is 12.8 Å². The zero-order valence-electron chi connectivity index (χ0n) is 10.7. The van der Waals surface area contributed by atoms with Crippen molar-refractivity contribution in [3.63, 3.8) is 0 Å². The average molecular weight is 303 g/mol. The maximum Gasteiger partial charge on any atom is 0.255 e. The summed E-state index contributed by atoms with van der Waals surface area (Å²) in [6.45, 7) is 1.86. The number of ether oxygens (including phenoxy) is 1. The van der Waals surface area contributed by atoms with Crippen LogP contribution in [-0.2, 0) is 4.74 Å². The zero-order chi connectivity index (χ0) is 13.8. The Morgan fingerprint density at radius 2 is 2.26 bits per heavy atom. The molecule has 1 amide bonds.